The first-order valence-electron chi connectivity index (χ1n) is 8.58. The van der Waals surface area contributed by atoms with E-state index in [2.05, 4.69) is 10.3 Å². The highest BCUT2D eigenvalue weighted by molar-refractivity contribution is 5.91. The summed E-state index contributed by atoms with van der Waals surface area (Å²) in [5.74, 6) is 1.44. The van der Waals surface area contributed by atoms with Gasteiger partial charge < -0.3 is 19.2 Å². The Bertz CT molecular complexity index is 970. The highest BCUT2D eigenvalue weighted by atomic mass is 19.1. The number of aromatic nitrogens is 1. The summed E-state index contributed by atoms with van der Waals surface area (Å²) in [6.45, 7) is 1.00. The van der Waals surface area contributed by atoms with Crippen molar-refractivity contribution in [1.82, 2.24) is 4.98 Å². The van der Waals surface area contributed by atoms with E-state index in [1.165, 1.54) is 12.3 Å². The van der Waals surface area contributed by atoms with Gasteiger partial charge in [0.05, 0.1) is 11.8 Å². The molecule has 1 amide bonds. The van der Waals surface area contributed by atoms with Crippen molar-refractivity contribution in [2.75, 3.05) is 18.5 Å². The van der Waals surface area contributed by atoms with E-state index in [1.54, 1.807) is 36.4 Å². The van der Waals surface area contributed by atoms with Crippen molar-refractivity contribution in [2.45, 2.75) is 12.8 Å². The number of nitrogens with zero attached hydrogens (tertiary/aromatic N) is 1. The van der Waals surface area contributed by atoms with Crippen LogP contribution >= 0.6 is 0 Å². The van der Waals surface area contributed by atoms with Gasteiger partial charge in [-0.05, 0) is 24.3 Å². The Morgan fingerprint density at radius 3 is 2.78 bits per heavy atom. The van der Waals surface area contributed by atoms with Crippen LogP contribution in [-0.2, 0) is 11.2 Å². The molecule has 7 heteroatoms. The number of carbonyl (C=O) groups excluding carboxylic acids is 1. The van der Waals surface area contributed by atoms with E-state index in [0.29, 0.717) is 54.0 Å². The Labute approximate surface area is 154 Å². The van der Waals surface area contributed by atoms with Crippen molar-refractivity contribution in [3.8, 4) is 22.8 Å². The summed E-state index contributed by atoms with van der Waals surface area (Å²) >= 11 is 0. The van der Waals surface area contributed by atoms with Gasteiger partial charge in [0, 0.05) is 24.6 Å². The molecule has 4 rings (SSSR count). The molecule has 0 fully saturated rings. The summed E-state index contributed by atoms with van der Waals surface area (Å²) in [4.78, 5) is 16.3. The Morgan fingerprint density at radius 1 is 1.11 bits per heavy atom. The first kappa shape index (κ1) is 17.1. The van der Waals surface area contributed by atoms with Crippen molar-refractivity contribution in [3.05, 3.63) is 60.4 Å². The highest BCUT2D eigenvalue weighted by Crippen LogP contribution is 2.32. The molecule has 138 valence electrons. The third-order valence-electron chi connectivity index (χ3n) is 4.08. The summed E-state index contributed by atoms with van der Waals surface area (Å²) in [6.07, 6.45) is 1.96. The van der Waals surface area contributed by atoms with E-state index in [-0.39, 0.29) is 18.1 Å². The molecule has 6 nitrogen and oxygen atoms in total. The number of hydrogen-bond donors (Lipinski definition) is 1. The minimum absolute atomic E-state index is 0.183. The largest absolute Gasteiger partial charge is 0.486 e. The minimum atomic E-state index is -0.378. The first-order chi connectivity index (χ1) is 13.2. The van der Waals surface area contributed by atoms with Gasteiger partial charge in [-0.15, -0.1) is 0 Å². The quantitative estimate of drug-likeness (QED) is 0.741. The monoisotopic (exact) mass is 368 g/mol. The molecule has 0 radical (unpaired) electrons. The van der Waals surface area contributed by atoms with E-state index >= 15 is 0 Å². The number of aryl methyl sites for hydroxylation is 1. The van der Waals surface area contributed by atoms with Crippen LogP contribution < -0.4 is 14.8 Å². The molecule has 0 bridgehead atoms. The van der Waals surface area contributed by atoms with Gasteiger partial charge in [-0.2, -0.15) is 0 Å². The van der Waals surface area contributed by atoms with E-state index in [4.69, 9.17) is 13.9 Å². The molecule has 2 heterocycles. The van der Waals surface area contributed by atoms with Crippen LogP contribution in [0, 0.1) is 5.82 Å². The van der Waals surface area contributed by atoms with Crippen LogP contribution in [0.25, 0.3) is 11.3 Å². The van der Waals surface area contributed by atoms with Gasteiger partial charge in [0.15, 0.2) is 23.1 Å². The number of ether oxygens (including phenoxy) is 2. The molecule has 27 heavy (non-hydrogen) atoms. The molecule has 1 N–H and O–H groups in total. The molecule has 0 saturated heterocycles. The Morgan fingerprint density at radius 2 is 1.93 bits per heavy atom. The van der Waals surface area contributed by atoms with Crippen LogP contribution in [0.4, 0.5) is 10.1 Å². The lowest BCUT2D eigenvalue weighted by molar-refractivity contribution is -0.116. The Kier molecular flexibility index (Phi) is 4.74. The predicted octanol–water partition coefficient (Wildman–Crippen LogP) is 3.82. The second-order valence-corrected chi connectivity index (χ2v) is 6.00. The van der Waals surface area contributed by atoms with Crippen molar-refractivity contribution in [3.63, 3.8) is 0 Å². The molecular formula is C20H17FN2O4. The van der Waals surface area contributed by atoms with Crippen LogP contribution in [0.1, 0.15) is 12.3 Å². The summed E-state index contributed by atoms with van der Waals surface area (Å²) in [7, 11) is 0. The zero-order valence-electron chi connectivity index (χ0n) is 14.4. The number of hydrogen-bond acceptors (Lipinski definition) is 5. The van der Waals surface area contributed by atoms with E-state index in [0.717, 1.165) is 0 Å². The number of halogens is 1. The first-order valence-corrected chi connectivity index (χ1v) is 8.58. The molecule has 3 aromatic rings. The van der Waals surface area contributed by atoms with Crippen molar-refractivity contribution in [2.24, 2.45) is 0 Å². The maximum Gasteiger partial charge on any atom is 0.224 e. The molecule has 1 aliphatic rings. The topological polar surface area (TPSA) is 73.6 Å². The molecule has 0 spiro atoms. The van der Waals surface area contributed by atoms with E-state index < -0.39 is 0 Å². The molecule has 0 atom stereocenters. The SMILES string of the molecule is O=C(CCc1ncc(-c2ccccc2F)o1)Nc1ccc2c(c1)OCCO2. The second kappa shape index (κ2) is 7.49. The summed E-state index contributed by atoms with van der Waals surface area (Å²) in [5, 5.41) is 2.81. The molecule has 0 aliphatic carbocycles. The maximum atomic E-state index is 13.8. The van der Waals surface area contributed by atoms with Gasteiger partial charge in [-0.3, -0.25) is 4.79 Å². The molecule has 0 unspecified atom stereocenters. The van der Waals surface area contributed by atoms with Crippen molar-refractivity contribution < 1.29 is 23.1 Å². The number of nitrogens with one attached hydrogen (secondary N) is 1. The van der Waals surface area contributed by atoms with Crippen LogP contribution in [0.5, 0.6) is 11.5 Å². The summed E-state index contributed by atoms with van der Waals surface area (Å²) in [6, 6.07) is 11.6. The number of benzene rings is 2. The van der Waals surface area contributed by atoms with Gasteiger partial charge >= 0.3 is 0 Å². The number of anilines is 1. The van der Waals surface area contributed by atoms with Crippen LogP contribution in [0.3, 0.4) is 0 Å². The van der Waals surface area contributed by atoms with Gasteiger partial charge in [-0.1, -0.05) is 12.1 Å². The molecule has 1 aliphatic heterocycles. The van der Waals surface area contributed by atoms with Crippen molar-refractivity contribution in [1.29, 1.82) is 0 Å². The lowest BCUT2D eigenvalue weighted by Gasteiger charge is -2.18. The second-order valence-electron chi connectivity index (χ2n) is 6.00. The zero-order chi connectivity index (χ0) is 18.6. The number of rotatable bonds is 5. The fourth-order valence-corrected chi connectivity index (χ4v) is 2.78. The van der Waals surface area contributed by atoms with Crippen LogP contribution in [0.15, 0.2) is 53.1 Å². The smallest absolute Gasteiger partial charge is 0.224 e. The predicted molar refractivity (Wildman–Crippen MR) is 96.3 cm³/mol. The molecule has 1 aromatic heterocycles. The number of amides is 1. The third-order valence-corrected chi connectivity index (χ3v) is 4.08. The fraction of sp³-hybridized carbons (Fsp3) is 0.200. The van der Waals surface area contributed by atoms with E-state index in [1.807, 2.05) is 0 Å². The average Bonchev–Trinajstić information content (AvgIpc) is 3.15. The lowest BCUT2D eigenvalue weighted by Crippen LogP contribution is -2.16. The Hall–Kier alpha value is -3.35. The summed E-state index contributed by atoms with van der Waals surface area (Å²) < 4.78 is 30.3. The Balaban J connectivity index is 1.35. The normalized spacial score (nSPS) is 12.6. The fourth-order valence-electron chi connectivity index (χ4n) is 2.78. The lowest BCUT2D eigenvalue weighted by atomic mass is 10.2. The van der Waals surface area contributed by atoms with Crippen molar-refractivity contribution >= 4 is 11.6 Å². The molecule has 0 saturated carbocycles. The van der Waals surface area contributed by atoms with E-state index in [9.17, 15) is 9.18 Å². The van der Waals surface area contributed by atoms with Gasteiger partial charge in [0.2, 0.25) is 5.91 Å². The minimum Gasteiger partial charge on any atom is -0.486 e. The van der Waals surface area contributed by atoms with Gasteiger partial charge in [0.1, 0.15) is 19.0 Å². The number of fused-ring (bicyclic) bond motifs is 1. The zero-order valence-corrected chi connectivity index (χ0v) is 14.4. The molecular weight excluding hydrogens is 351 g/mol. The highest BCUT2D eigenvalue weighted by Gasteiger charge is 2.14. The van der Waals surface area contributed by atoms with Gasteiger partial charge in [0.25, 0.3) is 0 Å². The van der Waals surface area contributed by atoms with Gasteiger partial charge in [-0.25, -0.2) is 9.37 Å². The standard InChI is InChI=1S/C20H17FN2O4/c21-15-4-2-1-3-14(15)18-12-22-20(27-18)8-7-19(24)23-13-5-6-16-17(11-13)26-10-9-25-16/h1-6,11-12H,7-10H2,(H,23,24). The number of carbonyl (C=O) groups is 1. The maximum absolute atomic E-state index is 13.8. The molecule has 2 aromatic carbocycles. The van der Waals surface area contributed by atoms with Crippen LogP contribution in [0.2, 0.25) is 0 Å². The van der Waals surface area contributed by atoms with Crippen LogP contribution in [-0.4, -0.2) is 24.1 Å². The average molecular weight is 368 g/mol. The summed E-state index contributed by atoms with van der Waals surface area (Å²) in [5.41, 5.74) is 0.973. The number of oxazole rings is 1. The third kappa shape index (κ3) is 3.92.